The van der Waals surface area contributed by atoms with Gasteiger partial charge in [0.1, 0.15) is 11.6 Å². The lowest BCUT2D eigenvalue weighted by Gasteiger charge is -2.14. The van der Waals surface area contributed by atoms with Crippen LogP contribution in [-0.4, -0.2) is 22.7 Å². The molecule has 0 spiro atoms. The number of carbonyl (C=O) groups is 2. The third-order valence-corrected chi connectivity index (χ3v) is 5.00. The minimum absolute atomic E-state index is 0.124. The number of benzene rings is 2. The number of imide groups is 1. The summed E-state index contributed by atoms with van der Waals surface area (Å²) in [5, 5.41) is -0.272. The van der Waals surface area contributed by atoms with Gasteiger partial charge in [-0.25, -0.2) is 4.39 Å². The molecule has 2 aromatic rings. The van der Waals surface area contributed by atoms with Crippen molar-refractivity contribution in [2.75, 3.05) is 6.61 Å². The van der Waals surface area contributed by atoms with Gasteiger partial charge in [0.15, 0.2) is 0 Å². The van der Waals surface area contributed by atoms with Crippen LogP contribution in [0.25, 0.3) is 6.08 Å². The van der Waals surface area contributed by atoms with Crippen LogP contribution >= 0.6 is 23.4 Å². The van der Waals surface area contributed by atoms with Gasteiger partial charge in [-0.1, -0.05) is 29.8 Å². The second-order valence-corrected chi connectivity index (χ2v) is 6.87. The summed E-state index contributed by atoms with van der Waals surface area (Å²) in [6, 6.07) is 11.4. The number of thioether (sulfide) groups is 1. The van der Waals surface area contributed by atoms with E-state index in [1.54, 1.807) is 30.3 Å². The molecular weight excluding hydrogens is 377 g/mol. The fourth-order valence-corrected chi connectivity index (χ4v) is 3.52. The summed E-state index contributed by atoms with van der Waals surface area (Å²) in [5.74, 6) is -0.285. The van der Waals surface area contributed by atoms with E-state index in [1.165, 1.54) is 18.2 Å². The fourth-order valence-electron chi connectivity index (χ4n) is 2.46. The number of hydrogen-bond donors (Lipinski definition) is 0. The molecule has 3 rings (SSSR count). The van der Waals surface area contributed by atoms with E-state index in [2.05, 4.69) is 0 Å². The summed E-state index contributed by atoms with van der Waals surface area (Å²) in [6.07, 6.45) is 1.63. The van der Waals surface area contributed by atoms with Crippen molar-refractivity contribution >= 4 is 40.6 Å². The Balaban J connectivity index is 1.80. The van der Waals surface area contributed by atoms with Crippen molar-refractivity contribution in [2.24, 2.45) is 0 Å². The Kier molecular flexibility index (Phi) is 5.64. The number of nitrogens with zero attached hydrogens (tertiary/aromatic N) is 1. The van der Waals surface area contributed by atoms with Crippen LogP contribution in [0.5, 0.6) is 5.75 Å². The maximum absolute atomic E-state index is 13.9. The number of amides is 2. The summed E-state index contributed by atoms with van der Waals surface area (Å²) in [6.45, 7) is 2.26. The molecule has 26 heavy (non-hydrogen) atoms. The van der Waals surface area contributed by atoms with E-state index in [0.717, 1.165) is 28.0 Å². The van der Waals surface area contributed by atoms with Gasteiger partial charge in [0, 0.05) is 10.6 Å². The molecule has 0 aromatic heterocycles. The highest BCUT2D eigenvalue weighted by Gasteiger charge is 2.35. The van der Waals surface area contributed by atoms with Gasteiger partial charge in [0.25, 0.3) is 11.1 Å². The molecule has 0 aliphatic carbocycles. The van der Waals surface area contributed by atoms with Crippen molar-refractivity contribution in [3.63, 3.8) is 0 Å². The first-order chi connectivity index (χ1) is 12.5. The molecule has 1 fully saturated rings. The average Bonchev–Trinajstić information content (AvgIpc) is 2.87. The minimum atomic E-state index is -0.549. The monoisotopic (exact) mass is 391 g/mol. The van der Waals surface area contributed by atoms with Crippen LogP contribution in [0.1, 0.15) is 18.1 Å². The zero-order valence-electron chi connectivity index (χ0n) is 13.9. The van der Waals surface area contributed by atoms with Crippen LogP contribution in [0.3, 0.4) is 0 Å². The first-order valence-corrected chi connectivity index (χ1v) is 9.10. The topological polar surface area (TPSA) is 46.6 Å². The van der Waals surface area contributed by atoms with Crippen molar-refractivity contribution in [1.82, 2.24) is 4.90 Å². The van der Waals surface area contributed by atoms with Gasteiger partial charge in [-0.15, -0.1) is 0 Å². The van der Waals surface area contributed by atoms with Crippen molar-refractivity contribution in [3.8, 4) is 5.75 Å². The van der Waals surface area contributed by atoms with Crippen LogP contribution < -0.4 is 4.74 Å². The molecule has 1 aliphatic rings. The smallest absolute Gasteiger partial charge is 0.293 e. The molecular formula is C19H15ClFNO3S. The molecule has 1 heterocycles. The Hall–Kier alpha value is -2.31. The van der Waals surface area contributed by atoms with Crippen molar-refractivity contribution in [1.29, 1.82) is 0 Å². The van der Waals surface area contributed by atoms with Gasteiger partial charge in [-0.05, 0) is 54.6 Å². The molecule has 0 bridgehead atoms. The van der Waals surface area contributed by atoms with Gasteiger partial charge in [0.05, 0.1) is 18.1 Å². The van der Waals surface area contributed by atoms with E-state index in [-0.39, 0.29) is 22.0 Å². The van der Waals surface area contributed by atoms with Crippen molar-refractivity contribution in [3.05, 3.63) is 69.3 Å². The molecule has 4 nitrogen and oxygen atoms in total. The first kappa shape index (κ1) is 18.5. The number of carbonyl (C=O) groups excluding carboxylic acids is 2. The zero-order valence-corrected chi connectivity index (χ0v) is 15.4. The number of hydrogen-bond acceptors (Lipinski definition) is 4. The SMILES string of the molecule is CCOc1ccc(C=C2SC(=O)N(Cc3c(F)cccc3Cl)C2=O)cc1. The highest BCUT2D eigenvalue weighted by Crippen LogP contribution is 2.34. The Morgan fingerprint density at radius 3 is 2.58 bits per heavy atom. The fraction of sp³-hybridized carbons (Fsp3) is 0.158. The molecule has 1 aliphatic heterocycles. The van der Waals surface area contributed by atoms with E-state index >= 15 is 0 Å². The molecule has 0 saturated carbocycles. The predicted octanol–water partition coefficient (Wildman–Crippen LogP) is 5.11. The highest BCUT2D eigenvalue weighted by atomic mass is 35.5. The molecule has 0 atom stereocenters. The Bertz CT molecular complexity index is 863. The Morgan fingerprint density at radius 2 is 1.92 bits per heavy atom. The number of halogens is 2. The Morgan fingerprint density at radius 1 is 1.19 bits per heavy atom. The van der Waals surface area contributed by atoms with Crippen LogP contribution in [0.15, 0.2) is 47.4 Å². The summed E-state index contributed by atoms with van der Waals surface area (Å²) < 4.78 is 19.3. The van der Waals surface area contributed by atoms with E-state index in [9.17, 15) is 14.0 Å². The summed E-state index contributed by atoms with van der Waals surface area (Å²) in [4.78, 5) is 26.0. The third-order valence-electron chi connectivity index (χ3n) is 3.74. The molecule has 0 unspecified atom stereocenters. The molecule has 2 aromatic carbocycles. The van der Waals surface area contributed by atoms with Crippen molar-refractivity contribution < 1.29 is 18.7 Å². The molecule has 134 valence electrons. The van der Waals surface area contributed by atoms with Crippen LogP contribution in [0.2, 0.25) is 5.02 Å². The maximum Gasteiger partial charge on any atom is 0.293 e. The van der Waals surface area contributed by atoms with E-state index in [4.69, 9.17) is 16.3 Å². The molecule has 0 N–H and O–H groups in total. The van der Waals surface area contributed by atoms with Gasteiger partial charge in [-0.3, -0.25) is 14.5 Å². The zero-order chi connectivity index (χ0) is 18.7. The summed E-state index contributed by atoms with van der Waals surface area (Å²) in [7, 11) is 0. The van der Waals surface area contributed by atoms with Crippen LogP contribution in [0, 0.1) is 5.82 Å². The highest BCUT2D eigenvalue weighted by molar-refractivity contribution is 8.18. The van der Waals surface area contributed by atoms with E-state index < -0.39 is 17.0 Å². The van der Waals surface area contributed by atoms with E-state index in [1.807, 2.05) is 6.92 Å². The molecule has 7 heteroatoms. The number of rotatable bonds is 5. The summed E-state index contributed by atoms with van der Waals surface area (Å²) >= 11 is 6.81. The predicted molar refractivity (Wildman–Crippen MR) is 101 cm³/mol. The maximum atomic E-state index is 13.9. The van der Waals surface area contributed by atoms with Gasteiger partial charge in [0.2, 0.25) is 0 Å². The molecule has 0 radical (unpaired) electrons. The molecule has 1 saturated heterocycles. The van der Waals surface area contributed by atoms with Crippen LogP contribution in [-0.2, 0) is 11.3 Å². The lowest BCUT2D eigenvalue weighted by molar-refractivity contribution is -0.123. The largest absolute Gasteiger partial charge is 0.494 e. The second-order valence-electron chi connectivity index (χ2n) is 5.47. The van der Waals surface area contributed by atoms with Crippen LogP contribution in [0.4, 0.5) is 9.18 Å². The third kappa shape index (κ3) is 3.92. The second kappa shape index (κ2) is 7.93. The van der Waals surface area contributed by atoms with Crippen molar-refractivity contribution in [2.45, 2.75) is 13.5 Å². The minimum Gasteiger partial charge on any atom is -0.494 e. The Labute approximate surface area is 159 Å². The summed E-state index contributed by atoms with van der Waals surface area (Å²) in [5.41, 5.74) is 0.890. The lowest BCUT2D eigenvalue weighted by Crippen LogP contribution is -2.28. The van der Waals surface area contributed by atoms with Gasteiger partial charge in [-0.2, -0.15) is 0 Å². The number of ether oxygens (including phenoxy) is 1. The van der Waals surface area contributed by atoms with Gasteiger partial charge < -0.3 is 4.74 Å². The average molecular weight is 392 g/mol. The lowest BCUT2D eigenvalue weighted by atomic mass is 10.2. The molecule has 2 amide bonds. The normalized spacial score (nSPS) is 15.8. The van der Waals surface area contributed by atoms with E-state index in [0.29, 0.717) is 6.61 Å². The standard InChI is InChI=1S/C19H15ClFNO3S/c1-2-25-13-8-6-12(7-9-13)10-17-18(23)22(19(24)26-17)11-14-15(20)4-3-5-16(14)21/h3-10H,2,11H2,1H3. The quantitative estimate of drug-likeness (QED) is 0.664. The first-order valence-electron chi connectivity index (χ1n) is 7.90. The van der Waals surface area contributed by atoms with Gasteiger partial charge >= 0.3 is 0 Å².